The van der Waals surface area contributed by atoms with Gasteiger partial charge in [-0.15, -0.1) is 0 Å². The van der Waals surface area contributed by atoms with Crippen molar-refractivity contribution < 1.29 is 9.84 Å². The minimum atomic E-state index is -0.482. The normalized spacial score (nSPS) is 18.2. The van der Waals surface area contributed by atoms with Crippen LogP contribution in [0.4, 0.5) is 0 Å². The van der Waals surface area contributed by atoms with E-state index in [1.165, 1.54) is 6.33 Å². The third-order valence-electron chi connectivity index (χ3n) is 7.59. The molecule has 1 aliphatic rings. The summed E-state index contributed by atoms with van der Waals surface area (Å²) in [4.78, 5) is 18.6. The number of ether oxygens (including phenoxy) is 1. The lowest BCUT2D eigenvalue weighted by Gasteiger charge is -2.30. The molecule has 0 saturated heterocycles. The maximum atomic E-state index is 14.1. The van der Waals surface area contributed by atoms with Crippen LogP contribution in [0.5, 0.6) is 0 Å². The fraction of sp³-hybridized carbons (Fsp3) is 0.419. The first-order valence-corrected chi connectivity index (χ1v) is 13.8. The minimum absolute atomic E-state index is 0.00574. The van der Waals surface area contributed by atoms with Gasteiger partial charge in [0.1, 0.15) is 6.33 Å². The topological polar surface area (TPSA) is 105 Å². The van der Waals surface area contributed by atoms with E-state index in [9.17, 15) is 15.2 Å². The first-order valence-electron chi connectivity index (χ1n) is 13.8. The van der Waals surface area contributed by atoms with Crippen LogP contribution in [0.1, 0.15) is 74.4 Å². The fourth-order valence-electron chi connectivity index (χ4n) is 5.66. The third-order valence-corrected chi connectivity index (χ3v) is 7.59. The van der Waals surface area contributed by atoms with Crippen molar-refractivity contribution in [2.45, 2.75) is 77.0 Å². The quantitative estimate of drug-likeness (QED) is 0.335. The highest BCUT2D eigenvalue weighted by Crippen LogP contribution is 2.31. The Hall–Kier alpha value is -3.80. The Balaban J connectivity index is 1.47. The lowest BCUT2D eigenvalue weighted by atomic mass is 9.92. The minimum Gasteiger partial charge on any atom is -0.391 e. The summed E-state index contributed by atoms with van der Waals surface area (Å²) < 4.78 is 9.56. The highest BCUT2D eigenvalue weighted by atomic mass is 16.5. The Morgan fingerprint density at radius 2 is 1.87 bits per heavy atom. The molecule has 4 aromatic rings. The largest absolute Gasteiger partial charge is 0.391 e. The molecule has 0 radical (unpaired) electrons. The van der Waals surface area contributed by atoms with Crippen LogP contribution in [-0.4, -0.2) is 43.1 Å². The highest BCUT2D eigenvalue weighted by molar-refractivity contribution is 5.70. The molecule has 2 aromatic carbocycles. The molecule has 1 N–H and O–H groups in total. The average molecular weight is 526 g/mol. The van der Waals surface area contributed by atoms with Crippen molar-refractivity contribution in [3.8, 4) is 17.2 Å². The number of aryl methyl sites for hydroxylation is 1. The van der Waals surface area contributed by atoms with Gasteiger partial charge in [0.2, 0.25) is 5.78 Å². The number of aliphatic hydroxyl groups is 1. The monoisotopic (exact) mass is 525 g/mol. The summed E-state index contributed by atoms with van der Waals surface area (Å²) in [7, 11) is 0. The number of nitriles is 1. The molecule has 2 aromatic heterocycles. The first-order chi connectivity index (χ1) is 19.0. The average Bonchev–Trinajstić information content (AvgIpc) is 3.44. The summed E-state index contributed by atoms with van der Waals surface area (Å²) >= 11 is 0. The summed E-state index contributed by atoms with van der Waals surface area (Å²) in [6, 6.07) is 18.0. The second kappa shape index (κ2) is 11.9. The van der Waals surface area contributed by atoms with Crippen LogP contribution in [0.2, 0.25) is 0 Å². The van der Waals surface area contributed by atoms with Crippen LogP contribution >= 0.6 is 0 Å². The molecule has 1 aliphatic carbocycles. The van der Waals surface area contributed by atoms with Crippen molar-refractivity contribution in [2.24, 2.45) is 0 Å². The smallest absolute Gasteiger partial charge is 0.259 e. The number of nitrogens with zero attached hydrogens (tertiary/aromatic N) is 5. The van der Waals surface area contributed by atoms with Gasteiger partial charge in [0.15, 0.2) is 0 Å². The van der Waals surface area contributed by atoms with Gasteiger partial charge in [-0.05, 0) is 61.8 Å². The summed E-state index contributed by atoms with van der Waals surface area (Å²) in [6.07, 6.45) is 6.57. The molecule has 0 amide bonds. The van der Waals surface area contributed by atoms with Crippen LogP contribution in [-0.2, 0) is 17.6 Å². The van der Waals surface area contributed by atoms with Gasteiger partial charge in [0, 0.05) is 18.0 Å². The van der Waals surface area contributed by atoms with Gasteiger partial charge in [-0.25, -0.2) is 4.52 Å². The summed E-state index contributed by atoms with van der Waals surface area (Å²) in [5.74, 6) is 0.601. The van der Waals surface area contributed by atoms with Crippen LogP contribution in [0.15, 0.2) is 59.7 Å². The van der Waals surface area contributed by atoms with Crippen LogP contribution in [0.25, 0.3) is 16.9 Å². The molecule has 1 saturated carbocycles. The Morgan fingerprint density at radius 1 is 1.13 bits per heavy atom. The third kappa shape index (κ3) is 5.65. The molecule has 1 fully saturated rings. The summed E-state index contributed by atoms with van der Waals surface area (Å²) in [6.45, 7) is 4.17. The van der Waals surface area contributed by atoms with Crippen molar-refractivity contribution in [3.05, 3.63) is 87.6 Å². The van der Waals surface area contributed by atoms with Gasteiger partial charge in [0.25, 0.3) is 5.56 Å². The van der Waals surface area contributed by atoms with Gasteiger partial charge in [-0.3, -0.25) is 9.36 Å². The molecule has 8 nitrogen and oxygen atoms in total. The second-order valence-corrected chi connectivity index (χ2v) is 10.5. The van der Waals surface area contributed by atoms with Gasteiger partial charge in [0.05, 0.1) is 36.1 Å². The Kier molecular flexibility index (Phi) is 8.20. The van der Waals surface area contributed by atoms with E-state index in [2.05, 4.69) is 23.1 Å². The van der Waals surface area contributed by atoms with Crippen molar-refractivity contribution in [2.75, 3.05) is 6.61 Å². The molecular formula is C31H35N5O3. The standard InChI is InChI=1S/C31H35N5O3/c1-3-6-29-28(17-22-9-11-23(12-10-22)27-8-5-4-7-24(27)18-32)30(38)35(31-33-20-34-36(29)31)25-13-15-26(16-14-25)39-19-21(2)37/h4-5,7-12,20-21,25-26,37H,3,6,13-17,19H2,1-2H3/t21?,25-,26-. The van der Waals surface area contributed by atoms with Crippen molar-refractivity contribution >= 4 is 5.78 Å². The molecule has 0 aliphatic heterocycles. The number of benzene rings is 2. The molecule has 202 valence electrons. The maximum Gasteiger partial charge on any atom is 0.259 e. The number of hydrogen-bond acceptors (Lipinski definition) is 6. The molecule has 2 heterocycles. The van der Waals surface area contributed by atoms with Gasteiger partial charge < -0.3 is 9.84 Å². The highest BCUT2D eigenvalue weighted by Gasteiger charge is 2.28. The van der Waals surface area contributed by atoms with Crippen molar-refractivity contribution in [1.29, 1.82) is 5.26 Å². The van der Waals surface area contributed by atoms with E-state index in [4.69, 9.17) is 4.74 Å². The SMILES string of the molecule is CCCc1c(Cc2ccc(-c3ccccc3C#N)cc2)c(=O)n([C@H]2CC[C@H](OCC(C)O)CC2)c2ncnn12. The molecule has 0 bridgehead atoms. The zero-order chi connectivity index (χ0) is 27.4. The molecule has 5 rings (SSSR count). The Labute approximate surface area is 228 Å². The van der Waals surface area contributed by atoms with E-state index in [1.54, 1.807) is 6.92 Å². The van der Waals surface area contributed by atoms with Gasteiger partial charge in [-0.2, -0.15) is 15.3 Å². The molecule has 39 heavy (non-hydrogen) atoms. The molecule has 1 atom stereocenters. The zero-order valence-corrected chi connectivity index (χ0v) is 22.6. The second-order valence-electron chi connectivity index (χ2n) is 10.5. The van der Waals surface area contributed by atoms with E-state index < -0.39 is 6.10 Å². The van der Waals surface area contributed by atoms with Crippen LogP contribution in [0.3, 0.4) is 0 Å². The fourth-order valence-corrected chi connectivity index (χ4v) is 5.66. The Bertz CT molecular complexity index is 1520. The molecule has 8 heteroatoms. The Morgan fingerprint density at radius 3 is 2.56 bits per heavy atom. The number of aliphatic hydroxyl groups excluding tert-OH is 1. The zero-order valence-electron chi connectivity index (χ0n) is 22.6. The van der Waals surface area contributed by atoms with Gasteiger partial charge >= 0.3 is 0 Å². The first kappa shape index (κ1) is 26.8. The van der Waals surface area contributed by atoms with Crippen molar-refractivity contribution in [1.82, 2.24) is 19.2 Å². The van der Waals surface area contributed by atoms with Crippen molar-refractivity contribution in [3.63, 3.8) is 0 Å². The predicted molar refractivity (Wildman–Crippen MR) is 150 cm³/mol. The summed E-state index contributed by atoms with van der Waals surface area (Å²) in [5, 5.41) is 23.6. The van der Waals surface area contributed by atoms with E-state index >= 15 is 0 Å². The number of fused-ring (bicyclic) bond motifs is 1. The van der Waals surface area contributed by atoms with Crippen LogP contribution in [0, 0.1) is 11.3 Å². The molecule has 0 spiro atoms. The lowest BCUT2D eigenvalue weighted by Crippen LogP contribution is -2.35. The van der Waals surface area contributed by atoms with Gasteiger partial charge in [-0.1, -0.05) is 55.8 Å². The maximum absolute atomic E-state index is 14.1. The van der Waals surface area contributed by atoms with E-state index in [0.717, 1.165) is 66.5 Å². The van der Waals surface area contributed by atoms with Crippen LogP contribution < -0.4 is 5.56 Å². The molecular weight excluding hydrogens is 490 g/mol. The van der Waals surface area contributed by atoms with E-state index in [1.807, 2.05) is 57.6 Å². The number of rotatable bonds is 9. The lowest BCUT2D eigenvalue weighted by molar-refractivity contribution is -0.0232. The van der Waals surface area contributed by atoms with E-state index in [0.29, 0.717) is 24.4 Å². The predicted octanol–water partition coefficient (Wildman–Crippen LogP) is 4.85. The van der Waals surface area contributed by atoms with E-state index in [-0.39, 0.29) is 17.7 Å². The molecule has 1 unspecified atom stereocenters. The summed E-state index contributed by atoms with van der Waals surface area (Å²) in [5.41, 5.74) is 5.23. The number of aromatic nitrogens is 4. The number of hydrogen-bond donors (Lipinski definition) is 1.